The number of nitrogens with zero attached hydrogens (tertiary/aromatic N) is 6. The molecule has 0 bridgehead atoms. The van der Waals surface area contributed by atoms with E-state index in [1.54, 1.807) is 18.2 Å². The number of carbonyl (C=O) groups is 1. The van der Waals surface area contributed by atoms with E-state index in [0.717, 1.165) is 44.8 Å². The van der Waals surface area contributed by atoms with Crippen molar-refractivity contribution < 1.29 is 4.79 Å². The number of piperazine rings is 1. The Labute approximate surface area is 178 Å². The predicted molar refractivity (Wildman–Crippen MR) is 118 cm³/mol. The van der Waals surface area contributed by atoms with Crippen LogP contribution in [0.3, 0.4) is 0 Å². The monoisotopic (exact) mass is 412 g/mol. The Bertz CT molecular complexity index is 851. The van der Waals surface area contributed by atoms with Crippen LogP contribution in [0.2, 0.25) is 0 Å². The van der Waals surface area contributed by atoms with Gasteiger partial charge in [-0.05, 0) is 32.5 Å². The summed E-state index contributed by atoms with van der Waals surface area (Å²) in [7, 11) is 2.12. The fourth-order valence-corrected chi connectivity index (χ4v) is 3.32. The quantitative estimate of drug-likeness (QED) is 0.681. The topological polar surface area (TPSA) is 99.2 Å². The SMILES string of the molecule is CCCC(C)NC(=O)c1cccc(Nc2nc(CC)nc(N3CCN(C)CC3)n2)n1. The second-order valence-electron chi connectivity index (χ2n) is 7.72. The van der Waals surface area contributed by atoms with E-state index in [0.29, 0.717) is 29.8 Å². The molecule has 0 aliphatic carbocycles. The molecule has 0 aromatic carbocycles. The molecule has 2 aromatic rings. The van der Waals surface area contributed by atoms with Gasteiger partial charge in [-0.3, -0.25) is 4.79 Å². The van der Waals surface area contributed by atoms with Crippen LogP contribution in [0.1, 0.15) is 49.9 Å². The molecule has 1 aliphatic rings. The van der Waals surface area contributed by atoms with Gasteiger partial charge in [0.1, 0.15) is 17.3 Å². The van der Waals surface area contributed by atoms with Gasteiger partial charge in [0.25, 0.3) is 5.91 Å². The van der Waals surface area contributed by atoms with Gasteiger partial charge in [0.15, 0.2) is 0 Å². The molecule has 2 aromatic heterocycles. The minimum absolute atomic E-state index is 0.114. The molecule has 0 saturated carbocycles. The number of rotatable bonds is 8. The molecule has 0 spiro atoms. The Hall–Kier alpha value is -2.81. The highest BCUT2D eigenvalue weighted by Gasteiger charge is 2.18. The first-order valence-electron chi connectivity index (χ1n) is 10.7. The van der Waals surface area contributed by atoms with Gasteiger partial charge in [-0.15, -0.1) is 0 Å². The zero-order valence-corrected chi connectivity index (χ0v) is 18.4. The highest BCUT2D eigenvalue weighted by Crippen LogP contribution is 2.17. The molecule has 1 atom stereocenters. The first kappa shape index (κ1) is 21.9. The third-order valence-corrected chi connectivity index (χ3v) is 5.09. The minimum Gasteiger partial charge on any atom is -0.348 e. The average Bonchev–Trinajstić information content (AvgIpc) is 2.74. The van der Waals surface area contributed by atoms with Gasteiger partial charge < -0.3 is 20.4 Å². The second-order valence-corrected chi connectivity index (χ2v) is 7.72. The Balaban J connectivity index is 1.75. The number of carbonyl (C=O) groups excluding carboxylic acids is 1. The fraction of sp³-hybridized carbons (Fsp3) is 0.571. The highest BCUT2D eigenvalue weighted by molar-refractivity contribution is 5.92. The van der Waals surface area contributed by atoms with E-state index in [4.69, 9.17) is 0 Å². The molecule has 9 heteroatoms. The molecular formula is C21H32N8O. The largest absolute Gasteiger partial charge is 0.348 e. The lowest BCUT2D eigenvalue weighted by Gasteiger charge is -2.32. The summed E-state index contributed by atoms with van der Waals surface area (Å²) in [5.74, 6) is 2.20. The van der Waals surface area contributed by atoms with Crippen LogP contribution in [0.15, 0.2) is 18.2 Å². The zero-order valence-electron chi connectivity index (χ0n) is 18.4. The fourth-order valence-electron chi connectivity index (χ4n) is 3.32. The maximum absolute atomic E-state index is 12.5. The number of amides is 1. The van der Waals surface area contributed by atoms with Crippen molar-refractivity contribution in [2.45, 2.75) is 46.1 Å². The number of hydrogen-bond donors (Lipinski definition) is 2. The molecule has 30 heavy (non-hydrogen) atoms. The number of pyridine rings is 1. The standard InChI is InChI=1S/C21H32N8O/c1-5-8-15(3)22-19(30)16-9-7-10-18(23-16)25-20-24-17(6-2)26-21(27-20)29-13-11-28(4)12-14-29/h7,9-10,15H,5-6,8,11-14H2,1-4H3,(H,22,30)(H,23,24,25,26,27). The van der Waals surface area contributed by atoms with Gasteiger partial charge in [0.05, 0.1) is 0 Å². The smallest absolute Gasteiger partial charge is 0.270 e. The van der Waals surface area contributed by atoms with E-state index in [9.17, 15) is 4.79 Å². The summed E-state index contributed by atoms with van der Waals surface area (Å²) in [6, 6.07) is 5.43. The lowest BCUT2D eigenvalue weighted by Crippen LogP contribution is -2.45. The third-order valence-electron chi connectivity index (χ3n) is 5.09. The second kappa shape index (κ2) is 10.3. The van der Waals surface area contributed by atoms with Crippen LogP contribution < -0.4 is 15.5 Å². The van der Waals surface area contributed by atoms with Crippen LogP contribution in [0.4, 0.5) is 17.7 Å². The Morgan fingerprint density at radius 1 is 1.10 bits per heavy atom. The summed E-state index contributed by atoms with van der Waals surface area (Å²) >= 11 is 0. The summed E-state index contributed by atoms with van der Waals surface area (Å²) in [6.07, 6.45) is 2.66. The number of likely N-dealkylation sites (N-methyl/N-ethyl adjacent to an activating group) is 1. The van der Waals surface area contributed by atoms with E-state index in [1.807, 2.05) is 13.8 Å². The molecule has 162 valence electrons. The molecule has 2 N–H and O–H groups in total. The first-order chi connectivity index (χ1) is 14.5. The van der Waals surface area contributed by atoms with Crippen LogP contribution in [0.25, 0.3) is 0 Å². The Kier molecular flexibility index (Phi) is 7.51. The van der Waals surface area contributed by atoms with Crippen molar-refractivity contribution in [2.75, 3.05) is 43.4 Å². The van der Waals surface area contributed by atoms with Crippen LogP contribution in [-0.4, -0.2) is 70.0 Å². The molecule has 1 saturated heterocycles. The van der Waals surface area contributed by atoms with Crippen LogP contribution in [-0.2, 0) is 6.42 Å². The first-order valence-corrected chi connectivity index (χ1v) is 10.7. The number of aryl methyl sites for hydroxylation is 1. The van der Waals surface area contributed by atoms with Crippen molar-refractivity contribution in [3.05, 3.63) is 29.7 Å². The molecule has 3 rings (SSSR count). The molecule has 1 amide bonds. The van der Waals surface area contributed by atoms with Crippen molar-refractivity contribution in [1.82, 2.24) is 30.2 Å². The van der Waals surface area contributed by atoms with E-state index in [1.165, 1.54) is 0 Å². The van der Waals surface area contributed by atoms with Gasteiger partial charge in [-0.1, -0.05) is 26.3 Å². The zero-order chi connectivity index (χ0) is 21.5. The maximum Gasteiger partial charge on any atom is 0.270 e. The van der Waals surface area contributed by atoms with Gasteiger partial charge in [-0.2, -0.15) is 15.0 Å². The summed E-state index contributed by atoms with van der Waals surface area (Å²) < 4.78 is 0. The molecule has 0 radical (unpaired) electrons. The van der Waals surface area contributed by atoms with Crippen LogP contribution in [0, 0.1) is 0 Å². The number of anilines is 3. The number of hydrogen-bond acceptors (Lipinski definition) is 8. The Morgan fingerprint density at radius 3 is 2.57 bits per heavy atom. The third kappa shape index (κ3) is 5.85. The van der Waals surface area contributed by atoms with Crippen molar-refractivity contribution >= 4 is 23.6 Å². The average molecular weight is 413 g/mol. The molecule has 1 fully saturated rings. The van der Waals surface area contributed by atoms with Crippen LogP contribution >= 0.6 is 0 Å². The Morgan fingerprint density at radius 2 is 1.87 bits per heavy atom. The molecule has 9 nitrogen and oxygen atoms in total. The van der Waals surface area contributed by atoms with Crippen LogP contribution in [0.5, 0.6) is 0 Å². The van der Waals surface area contributed by atoms with Crippen molar-refractivity contribution in [1.29, 1.82) is 0 Å². The molecular weight excluding hydrogens is 380 g/mol. The van der Waals surface area contributed by atoms with Gasteiger partial charge >= 0.3 is 0 Å². The molecule has 1 aliphatic heterocycles. The summed E-state index contributed by atoms with van der Waals surface area (Å²) in [5.41, 5.74) is 0.368. The number of aromatic nitrogens is 4. The summed E-state index contributed by atoms with van der Waals surface area (Å²) in [5, 5.41) is 6.13. The lowest BCUT2D eigenvalue weighted by molar-refractivity contribution is 0.0933. The maximum atomic E-state index is 12.5. The predicted octanol–water partition coefficient (Wildman–Crippen LogP) is 2.24. The van der Waals surface area contributed by atoms with Crippen molar-refractivity contribution in [3.63, 3.8) is 0 Å². The molecule has 3 heterocycles. The summed E-state index contributed by atoms with van der Waals surface area (Å²) in [6.45, 7) is 9.84. The highest BCUT2D eigenvalue weighted by atomic mass is 16.1. The van der Waals surface area contributed by atoms with E-state index >= 15 is 0 Å². The van der Waals surface area contributed by atoms with E-state index in [2.05, 4.69) is 54.3 Å². The summed E-state index contributed by atoms with van der Waals surface area (Å²) in [4.78, 5) is 35.1. The minimum atomic E-state index is -0.178. The van der Waals surface area contributed by atoms with Gasteiger partial charge in [0.2, 0.25) is 11.9 Å². The van der Waals surface area contributed by atoms with E-state index < -0.39 is 0 Å². The lowest BCUT2D eigenvalue weighted by atomic mass is 10.2. The molecule has 1 unspecified atom stereocenters. The normalized spacial score (nSPS) is 15.7. The van der Waals surface area contributed by atoms with Gasteiger partial charge in [-0.25, -0.2) is 4.98 Å². The van der Waals surface area contributed by atoms with Gasteiger partial charge in [0, 0.05) is 38.6 Å². The number of nitrogens with one attached hydrogen (secondary N) is 2. The van der Waals surface area contributed by atoms with Crippen molar-refractivity contribution in [3.8, 4) is 0 Å². The van der Waals surface area contributed by atoms with Crippen molar-refractivity contribution in [2.24, 2.45) is 0 Å². The van der Waals surface area contributed by atoms with E-state index in [-0.39, 0.29) is 11.9 Å².